The van der Waals surface area contributed by atoms with Crippen molar-refractivity contribution in [1.82, 2.24) is 24.9 Å². The van der Waals surface area contributed by atoms with Gasteiger partial charge in [0.05, 0.1) is 19.3 Å². The molecule has 0 bridgehead atoms. The van der Waals surface area contributed by atoms with Crippen LogP contribution >= 0.6 is 0 Å². The average Bonchev–Trinajstić information content (AvgIpc) is 3.18. The molecule has 2 aromatic heterocycles. The monoisotopic (exact) mass is 411 g/mol. The van der Waals surface area contributed by atoms with Crippen LogP contribution < -0.4 is 21.1 Å². The number of anilines is 1. The number of methoxy groups -OCH3 is 1. The van der Waals surface area contributed by atoms with Crippen molar-refractivity contribution in [2.75, 3.05) is 25.5 Å². The van der Waals surface area contributed by atoms with Gasteiger partial charge in [-0.25, -0.2) is 4.98 Å². The lowest BCUT2D eigenvalue weighted by Crippen LogP contribution is -2.28. The number of fused-ring (bicyclic) bond motifs is 1. The lowest BCUT2D eigenvalue weighted by Gasteiger charge is -2.17. The molecule has 4 N–H and O–H groups in total. The number of nitrogens with two attached hydrogens (primary N) is 1. The predicted octanol–water partition coefficient (Wildman–Crippen LogP) is 2.51. The number of benzene rings is 1. The van der Waals surface area contributed by atoms with Gasteiger partial charge in [-0.1, -0.05) is 26.0 Å². The molecule has 0 spiro atoms. The Kier molecular flexibility index (Phi) is 6.83. The van der Waals surface area contributed by atoms with Crippen LogP contribution in [0.1, 0.15) is 60.9 Å². The quantitative estimate of drug-likeness (QED) is 0.463. The third-order valence-corrected chi connectivity index (χ3v) is 4.83. The Labute approximate surface area is 176 Å². The number of nitrogens with one attached hydrogen (secondary N) is 2. The number of nitrogens with zero attached hydrogens (tertiary/aromatic N) is 4. The third kappa shape index (κ3) is 4.68. The number of ether oxygens (including phenoxy) is 1. The van der Waals surface area contributed by atoms with Crippen molar-refractivity contribution in [1.29, 1.82) is 0 Å². The molecule has 0 saturated carbocycles. The van der Waals surface area contributed by atoms with Gasteiger partial charge in [-0.15, -0.1) is 0 Å². The van der Waals surface area contributed by atoms with Crippen molar-refractivity contribution in [3.05, 3.63) is 47.4 Å². The highest BCUT2D eigenvalue weighted by Gasteiger charge is 2.20. The Bertz CT molecular complexity index is 1020. The number of hydrogen-bond acceptors (Lipinski definition) is 7. The van der Waals surface area contributed by atoms with Crippen molar-refractivity contribution in [3.8, 4) is 5.75 Å². The molecule has 0 radical (unpaired) electrons. The van der Waals surface area contributed by atoms with Crippen molar-refractivity contribution >= 4 is 17.5 Å². The zero-order valence-electron chi connectivity index (χ0n) is 17.8. The molecule has 1 aromatic carbocycles. The topological polar surface area (TPSA) is 119 Å². The highest BCUT2D eigenvalue weighted by molar-refractivity contribution is 5.91. The first-order chi connectivity index (χ1) is 14.4. The molecule has 2 heterocycles. The molecular weight excluding hydrogens is 382 g/mol. The third-order valence-electron chi connectivity index (χ3n) is 4.83. The molecule has 1 amide bonds. The van der Waals surface area contributed by atoms with E-state index in [0.29, 0.717) is 31.1 Å². The molecule has 160 valence electrons. The minimum atomic E-state index is -0.334. The van der Waals surface area contributed by atoms with Crippen LogP contribution in [0, 0.1) is 0 Å². The summed E-state index contributed by atoms with van der Waals surface area (Å²) in [6.07, 6.45) is 2.46. The standard InChI is InChI=1S/C21H29N7O2/c1-13(2)17-12-24-28-19(17)26-18(20(29)23-10-6-9-22)27-21(28)25-14(3)15-7-5-8-16(11-15)30-4/h5,7-8,11-14H,6,9-10,22H2,1-4H3,(H,23,29)(H,25,26,27). The van der Waals surface area contributed by atoms with E-state index in [0.717, 1.165) is 16.9 Å². The molecule has 9 heteroatoms. The normalized spacial score (nSPS) is 12.2. The molecule has 3 rings (SSSR count). The van der Waals surface area contributed by atoms with Crippen LogP contribution in [0.4, 0.5) is 5.95 Å². The van der Waals surface area contributed by atoms with Crippen molar-refractivity contribution in [2.24, 2.45) is 5.73 Å². The van der Waals surface area contributed by atoms with Crippen LogP contribution in [-0.2, 0) is 0 Å². The summed E-state index contributed by atoms with van der Waals surface area (Å²) in [7, 11) is 1.64. The number of amides is 1. The van der Waals surface area contributed by atoms with Crippen molar-refractivity contribution in [2.45, 2.75) is 39.2 Å². The Balaban J connectivity index is 1.98. The van der Waals surface area contributed by atoms with Crippen LogP contribution in [0.2, 0.25) is 0 Å². The summed E-state index contributed by atoms with van der Waals surface area (Å²) < 4.78 is 6.96. The summed E-state index contributed by atoms with van der Waals surface area (Å²) in [5.74, 6) is 1.19. The first kappa shape index (κ1) is 21.5. The van der Waals surface area contributed by atoms with Crippen molar-refractivity contribution in [3.63, 3.8) is 0 Å². The van der Waals surface area contributed by atoms with E-state index < -0.39 is 0 Å². The summed E-state index contributed by atoms with van der Waals surface area (Å²) in [4.78, 5) is 21.6. The van der Waals surface area contributed by atoms with Gasteiger partial charge in [0.2, 0.25) is 11.8 Å². The Morgan fingerprint density at radius 2 is 2.07 bits per heavy atom. The molecule has 0 fully saturated rings. The highest BCUT2D eigenvalue weighted by Crippen LogP contribution is 2.25. The van der Waals surface area contributed by atoms with Gasteiger partial charge in [0.1, 0.15) is 5.75 Å². The van der Waals surface area contributed by atoms with Crippen LogP contribution in [0.25, 0.3) is 5.65 Å². The first-order valence-corrected chi connectivity index (χ1v) is 10.1. The summed E-state index contributed by atoms with van der Waals surface area (Å²) in [5.41, 5.74) is 8.09. The minimum Gasteiger partial charge on any atom is -0.497 e. The van der Waals surface area contributed by atoms with Gasteiger partial charge in [-0.3, -0.25) is 4.79 Å². The fraction of sp³-hybridized carbons (Fsp3) is 0.429. The summed E-state index contributed by atoms with van der Waals surface area (Å²) >= 11 is 0. The predicted molar refractivity (Wildman–Crippen MR) is 116 cm³/mol. The first-order valence-electron chi connectivity index (χ1n) is 10.1. The van der Waals surface area contributed by atoms with E-state index in [4.69, 9.17) is 10.5 Å². The second kappa shape index (κ2) is 9.53. The maximum Gasteiger partial charge on any atom is 0.289 e. The molecule has 9 nitrogen and oxygen atoms in total. The van der Waals surface area contributed by atoms with E-state index in [1.807, 2.05) is 31.2 Å². The minimum absolute atomic E-state index is 0.0990. The Morgan fingerprint density at radius 1 is 1.27 bits per heavy atom. The summed E-state index contributed by atoms with van der Waals surface area (Å²) in [5, 5.41) is 10.6. The van der Waals surface area contributed by atoms with Crippen LogP contribution in [0.5, 0.6) is 5.75 Å². The number of rotatable bonds is 9. The number of carbonyl (C=O) groups excluding carboxylic acids is 1. The molecule has 0 aliphatic rings. The second-order valence-electron chi connectivity index (χ2n) is 7.40. The van der Waals surface area contributed by atoms with E-state index >= 15 is 0 Å². The fourth-order valence-corrected chi connectivity index (χ4v) is 3.07. The van der Waals surface area contributed by atoms with Gasteiger partial charge < -0.3 is 21.1 Å². The second-order valence-corrected chi connectivity index (χ2v) is 7.40. The van der Waals surface area contributed by atoms with Gasteiger partial charge in [0.25, 0.3) is 5.91 Å². The average molecular weight is 412 g/mol. The molecule has 3 aromatic rings. The van der Waals surface area contributed by atoms with Gasteiger partial charge >= 0.3 is 0 Å². The number of carbonyl (C=O) groups is 1. The van der Waals surface area contributed by atoms with Gasteiger partial charge in [-0.05, 0) is 43.5 Å². The Hall–Kier alpha value is -3.20. The van der Waals surface area contributed by atoms with Crippen LogP contribution in [-0.4, -0.2) is 45.7 Å². The molecule has 0 saturated heterocycles. The van der Waals surface area contributed by atoms with E-state index in [1.165, 1.54) is 0 Å². The maximum absolute atomic E-state index is 12.6. The molecule has 0 aliphatic heterocycles. The molecule has 30 heavy (non-hydrogen) atoms. The Morgan fingerprint density at radius 3 is 2.77 bits per heavy atom. The SMILES string of the molecule is COc1cccc(C(C)Nc2nc(C(=O)NCCCN)nc3c(C(C)C)cnn23)c1. The molecular formula is C21H29N7O2. The van der Waals surface area contributed by atoms with Crippen LogP contribution in [0.3, 0.4) is 0 Å². The van der Waals surface area contributed by atoms with E-state index in [1.54, 1.807) is 17.8 Å². The summed E-state index contributed by atoms with van der Waals surface area (Å²) in [6, 6.07) is 7.69. The van der Waals surface area contributed by atoms with Gasteiger partial charge in [0.15, 0.2) is 5.65 Å². The van der Waals surface area contributed by atoms with E-state index in [2.05, 4.69) is 39.5 Å². The zero-order chi connectivity index (χ0) is 21.7. The van der Waals surface area contributed by atoms with E-state index in [-0.39, 0.29) is 23.7 Å². The fourth-order valence-electron chi connectivity index (χ4n) is 3.07. The number of aromatic nitrogens is 4. The molecule has 1 atom stereocenters. The van der Waals surface area contributed by atoms with Gasteiger partial charge in [-0.2, -0.15) is 14.6 Å². The maximum atomic E-state index is 12.6. The zero-order valence-corrected chi connectivity index (χ0v) is 17.8. The van der Waals surface area contributed by atoms with Crippen molar-refractivity contribution < 1.29 is 9.53 Å². The largest absolute Gasteiger partial charge is 0.497 e. The van der Waals surface area contributed by atoms with Gasteiger partial charge in [0, 0.05) is 12.1 Å². The number of hydrogen-bond donors (Lipinski definition) is 3. The lowest BCUT2D eigenvalue weighted by atomic mass is 10.1. The lowest BCUT2D eigenvalue weighted by molar-refractivity contribution is 0.0943. The van der Waals surface area contributed by atoms with Crippen LogP contribution in [0.15, 0.2) is 30.5 Å². The molecule has 0 aliphatic carbocycles. The highest BCUT2D eigenvalue weighted by atomic mass is 16.5. The summed E-state index contributed by atoms with van der Waals surface area (Å²) in [6.45, 7) is 7.11. The van der Waals surface area contributed by atoms with E-state index in [9.17, 15) is 4.79 Å². The molecule has 1 unspecified atom stereocenters. The smallest absolute Gasteiger partial charge is 0.289 e.